The van der Waals surface area contributed by atoms with E-state index in [4.69, 9.17) is 28.4 Å². The van der Waals surface area contributed by atoms with Crippen molar-refractivity contribution < 1.29 is 38.0 Å². The molecule has 0 N–H and O–H groups in total. The first-order valence-electron chi connectivity index (χ1n) is 11.9. The van der Waals surface area contributed by atoms with Crippen LogP contribution in [0.5, 0.6) is 11.5 Å². The quantitative estimate of drug-likeness (QED) is 0.203. The molecule has 0 aliphatic carbocycles. The van der Waals surface area contributed by atoms with Crippen molar-refractivity contribution in [2.24, 2.45) is 0 Å². The van der Waals surface area contributed by atoms with Crippen molar-refractivity contribution in [3.8, 4) is 11.5 Å². The first-order valence-corrected chi connectivity index (χ1v) is 11.9. The second-order valence-electron chi connectivity index (χ2n) is 8.18. The molecule has 8 nitrogen and oxygen atoms in total. The van der Waals surface area contributed by atoms with E-state index in [1.165, 1.54) is 19.3 Å². The number of hydrogen-bond acceptors (Lipinski definition) is 8. The van der Waals surface area contributed by atoms with Crippen molar-refractivity contribution in [1.29, 1.82) is 0 Å². The maximum absolute atomic E-state index is 11.4. The van der Waals surface area contributed by atoms with Gasteiger partial charge in [0.2, 0.25) is 6.79 Å². The molecule has 2 aromatic rings. The highest BCUT2D eigenvalue weighted by Crippen LogP contribution is 2.32. The molecule has 4 rings (SSSR count). The van der Waals surface area contributed by atoms with Crippen molar-refractivity contribution in [3.05, 3.63) is 89.4 Å². The Morgan fingerprint density at radius 3 is 2.62 bits per heavy atom. The summed E-state index contributed by atoms with van der Waals surface area (Å²) < 4.78 is 30.7. The zero-order chi connectivity index (χ0) is 26.5. The first-order chi connectivity index (χ1) is 18.0. The van der Waals surface area contributed by atoms with Gasteiger partial charge < -0.3 is 28.4 Å². The second kappa shape index (κ2) is 14.4. The van der Waals surface area contributed by atoms with Crippen LogP contribution in [0.25, 0.3) is 6.08 Å². The smallest absolute Gasteiger partial charge is 0.334 e. The molecule has 2 heterocycles. The van der Waals surface area contributed by atoms with Gasteiger partial charge in [0.15, 0.2) is 11.5 Å². The van der Waals surface area contributed by atoms with E-state index in [2.05, 4.69) is 0 Å². The van der Waals surface area contributed by atoms with Crippen LogP contribution in [0.3, 0.4) is 0 Å². The van der Waals surface area contributed by atoms with Crippen LogP contribution in [-0.2, 0) is 35.0 Å². The van der Waals surface area contributed by atoms with Gasteiger partial charge in [-0.15, -0.1) is 0 Å². The van der Waals surface area contributed by atoms with Crippen LogP contribution in [-0.4, -0.2) is 45.7 Å². The Morgan fingerprint density at radius 1 is 1.08 bits per heavy atom. The van der Waals surface area contributed by atoms with Crippen LogP contribution in [0, 0.1) is 0 Å². The predicted molar refractivity (Wildman–Crippen MR) is 138 cm³/mol. The fraction of sp³-hybridized carbons (Fsp3) is 0.310. The lowest BCUT2D eigenvalue weighted by molar-refractivity contribution is -0.143. The highest BCUT2D eigenvalue weighted by atomic mass is 16.7. The fourth-order valence-corrected chi connectivity index (χ4v) is 3.46. The van der Waals surface area contributed by atoms with Crippen LogP contribution in [0.4, 0.5) is 0 Å². The third-order valence-corrected chi connectivity index (χ3v) is 5.45. The summed E-state index contributed by atoms with van der Waals surface area (Å²) in [5.74, 6) is 2.01. The molecule has 2 aromatic carbocycles. The minimum Gasteiger partial charge on any atom is -0.501 e. The van der Waals surface area contributed by atoms with Crippen molar-refractivity contribution >= 4 is 18.0 Å². The third kappa shape index (κ3) is 9.40. The average Bonchev–Trinajstić information content (AvgIpc) is 3.38. The van der Waals surface area contributed by atoms with Crippen LogP contribution in [0.2, 0.25) is 0 Å². The molecule has 2 aliphatic rings. The molecule has 8 heteroatoms. The summed E-state index contributed by atoms with van der Waals surface area (Å²) in [6, 6.07) is 15.7. The Balaban J connectivity index is 0.000000208. The minimum atomic E-state index is -0.380. The Bertz CT molecular complexity index is 1130. The molecule has 196 valence electrons. The third-order valence-electron chi connectivity index (χ3n) is 5.45. The SMILES string of the molecule is CO/C(C)=C/C(=O)OCCCc1ccc2c(c1)OCO2.COC1=CC(=O)OC(/C=C/c2ccccc2)C1. The Labute approximate surface area is 217 Å². The number of benzene rings is 2. The van der Waals surface area contributed by atoms with E-state index in [1.54, 1.807) is 14.0 Å². The maximum atomic E-state index is 11.4. The molecule has 0 radical (unpaired) electrons. The van der Waals surface area contributed by atoms with E-state index < -0.39 is 0 Å². The Hall–Kier alpha value is -4.20. The lowest BCUT2D eigenvalue weighted by Gasteiger charge is -2.19. The van der Waals surface area contributed by atoms with Gasteiger partial charge in [-0.05, 0) is 49.1 Å². The van der Waals surface area contributed by atoms with Crippen LogP contribution in [0.1, 0.15) is 30.9 Å². The summed E-state index contributed by atoms with van der Waals surface area (Å²) in [7, 11) is 3.07. The summed E-state index contributed by atoms with van der Waals surface area (Å²) in [4.78, 5) is 22.6. The van der Waals surface area contributed by atoms with E-state index >= 15 is 0 Å². The highest BCUT2D eigenvalue weighted by molar-refractivity contribution is 5.83. The number of carbonyl (C=O) groups excluding carboxylic acids is 2. The lowest BCUT2D eigenvalue weighted by Crippen LogP contribution is -2.21. The molecule has 2 aliphatic heterocycles. The van der Waals surface area contributed by atoms with E-state index in [1.807, 2.05) is 60.7 Å². The van der Waals surface area contributed by atoms with Gasteiger partial charge in [-0.3, -0.25) is 0 Å². The van der Waals surface area contributed by atoms with Crippen molar-refractivity contribution in [2.45, 2.75) is 32.3 Å². The topological polar surface area (TPSA) is 89.5 Å². The molecular formula is C29H32O8. The molecule has 0 saturated carbocycles. The summed E-state index contributed by atoms with van der Waals surface area (Å²) >= 11 is 0. The monoisotopic (exact) mass is 508 g/mol. The summed E-state index contributed by atoms with van der Waals surface area (Å²) in [5, 5.41) is 0. The predicted octanol–water partition coefficient (Wildman–Crippen LogP) is 4.99. The molecular weight excluding hydrogens is 476 g/mol. The summed E-state index contributed by atoms with van der Waals surface area (Å²) in [5.41, 5.74) is 2.21. The number of esters is 2. The summed E-state index contributed by atoms with van der Waals surface area (Å²) in [6.45, 7) is 2.36. The van der Waals surface area contributed by atoms with Gasteiger partial charge >= 0.3 is 11.9 Å². The van der Waals surface area contributed by atoms with E-state index in [9.17, 15) is 9.59 Å². The van der Waals surface area contributed by atoms with Gasteiger partial charge in [-0.2, -0.15) is 0 Å². The molecule has 0 aromatic heterocycles. The van der Waals surface area contributed by atoms with Gasteiger partial charge in [-0.25, -0.2) is 9.59 Å². The van der Waals surface area contributed by atoms with Crippen LogP contribution in [0.15, 0.2) is 78.3 Å². The number of ether oxygens (including phenoxy) is 6. The van der Waals surface area contributed by atoms with Gasteiger partial charge in [0.25, 0.3) is 0 Å². The number of methoxy groups -OCH3 is 2. The number of hydrogen-bond donors (Lipinski definition) is 0. The molecule has 0 bridgehead atoms. The van der Waals surface area contributed by atoms with Crippen LogP contribution >= 0.6 is 0 Å². The van der Waals surface area contributed by atoms with Gasteiger partial charge in [0.05, 0.1) is 38.7 Å². The normalized spacial score (nSPS) is 16.3. The maximum Gasteiger partial charge on any atom is 0.334 e. The number of cyclic esters (lactones) is 1. The van der Waals surface area contributed by atoms with E-state index in [0.29, 0.717) is 24.5 Å². The van der Waals surface area contributed by atoms with Crippen molar-refractivity contribution in [2.75, 3.05) is 27.6 Å². The second-order valence-corrected chi connectivity index (χ2v) is 8.18. The zero-order valence-corrected chi connectivity index (χ0v) is 21.3. The molecule has 0 saturated heterocycles. The molecule has 1 unspecified atom stereocenters. The minimum absolute atomic E-state index is 0.248. The van der Waals surface area contributed by atoms with Crippen LogP contribution < -0.4 is 9.47 Å². The zero-order valence-electron chi connectivity index (χ0n) is 21.3. The number of aryl methyl sites for hydroxylation is 1. The lowest BCUT2D eigenvalue weighted by atomic mass is 10.1. The first kappa shape index (κ1) is 27.4. The van der Waals surface area contributed by atoms with E-state index in [-0.39, 0.29) is 24.8 Å². The van der Waals surface area contributed by atoms with E-state index in [0.717, 1.165) is 35.5 Å². The molecule has 37 heavy (non-hydrogen) atoms. The van der Waals surface area contributed by atoms with Gasteiger partial charge in [-0.1, -0.05) is 42.5 Å². The number of carbonyl (C=O) groups is 2. The molecule has 0 fully saturated rings. The highest BCUT2D eigenvalue weighted by Gasteiger charge is 2.19. The number of fused-ring (bicyclic) bond motifs is 1. The van der Waals surface area contributed by atoms with Crippen molar-refractivity contribution in [3.63, 3.8) is 0 Å². The standard InChI is InChI=1S/C15H18O5.C14H14O3/c1-11(17-2)8-15(16)18-7-3-4-12-5-6-13-14(9-12)20-10-19-13;1-16-13-9-12(17-14(15)10-13)8-7-11-5-3-2-4-6-11/h5-6,8-9H,3-4,7,10H2,1-2H3;2-8,10,12H,9H2,1H3/b11-8+;8-7+. The molecule has 0 amide bonds. The molecule has 1 atom stereocenters. The van der Waals surface area contributed by atoms with Crippen molar-refractivity contribution in [1.82, 2.24) is 0 Å². The fourth-order valence-electron chi connectivity index (χ4n) is 3.46. The average molecular weight is 509 g/mol. The number of rotatable bonds is 9. The summed E-state index contributed by atoms with van der Waals surface area (Å²) in [6.07, 6.45) is 8.44. The Morgan fingerprint density at radius 2 is 1.86 bits per heavy atom. The van der Waals surface area contributed by atoms with Gasteiger partial charge in [0.1, 0.15) is 11.9 Å². The number of allylic oxidation sites excluding steroid dienone is 1. The van der Waals surface area contributed by atoms with Gasteiger partial charge in [0, 0.05) is 6.42 Å². The largest absolute Gasteiger partial charge is 0.501 e. The molecule has 0 spiro atoms. The Kier molecular flexibility index (Phi) is 10.6.